The van der Waals surface area contributed by atoms with Crippen LogP contribution in [0.3, 0.4) is 0 Å². The smallest absolute Gasteiger partial charge is 0.379 e. The number of methoxy groups -OCH3 is 1. The van der Waals surface area contributed by atoms with Gasteiger partial charge in [0.2, 0.25) is 11.7 Å². The topological polar surface area (TPSA) is 133 Å². The van der Waals surface area contributed by atoms with E-state index < -0.39 is 10.9 Å². The highest BCUT2D eigenvalue weighted by atomic mass is 16.6. The highest BCUT2D eigenvalue weighted by Crippen LogP contribution is 2.28. The Morgan fingerprint density at radius 3 is 2.58 bits per heavy atom. The summed E-state index contributed by atoms with van der Waals surface area (Å²) in [6.45, 7) is 0. The molecule has 3 rings (SSSR count). The monoisotopic (exact) mass is 423 g/mol. The number of carbonyl (C=O) groups is 2. The van der Waals surface area contributed by atoms with Crippen molar-refractivity contribution in [2.75, 3.05) is 7.11 Å². The average molecular weight is 423 g/mol. The van der Waals surface area contributed by atoms with E-state index in [9.17, 15) is 19.7 Å². The number of rotatable bonds is 8. The van der Waals surface area contributed by atoms with E-state index in [1.54, 1.807) is 18.2 Å². The molecule has 1 aromatic heterocycles. The van der Waals surface area contributed by atoms with Crippen molar-refractivity contribution in [2.24, 2.45) is 5.10 Å². The lowest BCUT2D eigenvalue weighted by molar-refractivity contribution is -0.384. The summed E-state index contributed by atoms with van der Waals surface area (Å²) < 4.78 is 15.5. The van der Waals surface area contributed by atoms with E-state index in [-0.39, 0.29) is 29.5 Å². The first-order valence-electron chi connectivity index (χ1n) is 8.95. The van der Waals surface area contributed by atoms with Gasteiger partial charge in [0.1, 0.15) is 0 Å². The van der Waals surface area contributed by atoms with Crippen molar-refractivity contribution in [1.82, 2.24) is 5.43 Å². The zero-order valence-electron chi connectivity index (χ0n) is 16.3. The van der Waals surface area contributed by atoms with Gasteiger partial charge in [-0.1, -0.05) is 12.1 Å². The van der Waals surface area contributed by atoms with E-state index >= 15 is 0 Å². The molecule has 31 heavy (non-hydrogen) atoms. The van der Waals surface area contributed by atoms with Crippen LogP contribution in [0.25, 0.3) is 0 Å². The van der Waals surface area contributed by atoms with Crippen molar-refractivity contribution in [2.45, 2.75) is 6.42 Å². The highest BCUT2D eigenvalue weighted by molar-refractivity contribution is 5.89. The van der Waals surface area contributed by atoms with Crippen LogP contribution in [-0.4, -0.2) is 30.1 Å². The van der Waals surface area contributed by atoms with Gasteiger partial charge in [-0.25, -0.2) is 10.2 Å². The zero-order valence-corrected chi connectivity index (χ0v) is 16.3. The van der Waals surface area contributed by atoms with E-state index in [1.165, 1.54) is 56.0 Å². The van der Waals surface area contributed by atoms with Crippen molar-refractivity contribution >= 4 is 23.8 Å². The summed E-state index contributed by atoms with van der Waals surface area (Å²) in [5.41, 5.74) is 3.53. The van der Waals surface area contributed by atoms with Gasteiger partial charge >= 0.3 is 5.97 Å². The van der Waals surface area contributed by atoms with Gasteiger partial charge < -0.3 is 13.9 Å². The number of nitrogens with zero attached hydrogens (tertiary/aromatic N) is 2. The van der Waals surface area contributed by atoms with Gasteiger partial charge in [0.15, 0.2) is 11.5 Å². The highest BCUT2D eigenvalue weighted by Gasteiger charge is 2.15. The van der Waals surface area contributed by atoms with Crippen LogP contribution in [0, 0.1) is 10.1 Å². The number of hydrogen-bond acceptors (Lipinski definition) is 8. The van der Waals surface area contributed by atoms with E-state index in [0.29, 0.717) is 16.9 Å². The Morgan fingerprint density at radius 2 is 1.94 bits per heavy atom. The molecule has 0 aliphatic carbocycles. The van der Waals surface area contributed by atoms with E-state index in [0.717, 1.165) is 0 Å². The molecular weight excluding hydrogens is 406 g/mol. The number of benzene rings is 2. The third-order valence-electron chi connectivity index (χ3n) is 4.03. The molecule has 2 aromatic carbocycles. The number of nitrogens with one attached hydrogen (secondary N) is 1. The Labute approximate surface area is 176 Å². The third-order valence-corrected chi connectivity index (χ3v) is 4.03. The zero-order chi connectivity index (χ0) is 22.2. The normalized spacial score (nSPS) is 10.6. The van der Waals surface area contributed by atoms with Crippen molar-refractivity contribution in [3.63, 3.8) is 0 Å². The van der Waals surface area contributed by atoms with Gasteiger partial charge in [0.25, 0.3) is 5.69 Å². The maximum Gasteiger partial charge on any atom is 0.379 e. The van der Waals surface area contributed by atoms with Crippen molar-refractivity contribution in [1.29, 1.82) is 0 Å². The molecule has 1 amide bonds. The molecule has 0 unspecified atom stereocenters. The van der Waals surface area contributed by atoms with Crippen LogP contribution in [-0.2, 0) is 11.2 Å². The summed E-state index contributed by atoms with van der Waals surface area (Å²) in [5, 5.41) is 14.5. The molecule has 158 valence electrons. The third kappa shape index (κ3) is 5.76. The molecular formula is C21H17N3O7. The Kier molecular flexibility index (Phi) is 6.74. The molecule has 10 heteroatoms. The second-order valence-electron chi connectivity index (χ2n) is 6.17. The summed E-state index contributed by atoms with van der Waals surface area (Å²) in [6.07, 6.45) is 2.78. The second kappa shape index (κ2) is 9.83. The lowest BCUT2D eigenvalue weighted by Gasteiger charge is -2.09. The van der Waals surface area contributed by atoms with Crippen LogP contribution in [0.1, 0.15) is 21.7 Å². The molecule has 1 heterocycles. The van der Waals surface area contributed by atoms with Crippen molar-refractivity contribution in [3.05, 3.63) is 87.9 Å². The minimum absolute atomic E-state index is 0.0142. The summed E-state index contributed by atoms with van der Waals surface area (Å²) >= 11 is 0. The number of non-ortho nitro benzene ring substituents is 1. The standard InChI is InChI=1S/C21H17N3O7/c1-29-19-11-15(6-9-17(19)31-21(26)18-3-2-10-30-18)13-22-23-20(25)12-14-4-7-16(8-5-14)24(27)28/h2-11,13H,12H2,1H3,(H,23,25)/b22-13-. The van der Waals surface area contributed by atoms with Crippen LogP contribution in [0.4, 0.5) is 5.69 Å². The predicted molar refractivity (Wildman–Crippen MR) is 109 cm³/mol. The molecule has 0 aliphatic rings. The minimum atomic E-state index is -0.664. The Hall–Kier alpha value is -4.47. The van der Waals surface area contributed by atoms with Crippen LogP contribution in [0.2, 0.25) is 0 Å². The van der Waals surface area contributed by atoms with E-state index in [4.69, 9.17) is 13.9 Å². The first-order chi connectivity index (χ1) is 15.0. The molecule has 0 fully saturated rings. The fraction of sp³-hybridized carbons (Fsp3) is 0.0952. The minimum Gasteiger partial charge on any atom is -0.493 e. The van der Waals surface area contributed by atoms with Gasteiger partial charge in [0.05, 0.1) is 30.9 Å². The van der Waals surface area contributed by atoms with Crippen molar-refractivity contribution in [3.8, 4) is 11.5 Å². The Morgan fingerprint density at radius 1 is 1.16 bits per heavy atom. The average Bonchev–Trinajstić information content (AvgIpc) is 3.30. The lowest BCUT2D eigenvalue weighted by Crippen LogP contribution is -2.19. The maximum absolute atomic E-state index is 12.0. The molecule has 0 atom stereocenters. The van der Waals surface area contributed by atoms with Crippen LogP contribution in [0.15, 0.2) is 70.4 Å². The van der Waals surface area contributed by atoms with E-state index in [2.05, 4.69) is 10.5 Å². The van der Waals surface area contributed by atoms with Crippen LogP contribution < -0.4 is 14.9 Å². The number of hydrazone groups is 1. The van der Waals surface area contributed by atoms with Gasteiger partial charge in [-0.05, 0) is 41.5 Å². The molecule has 0 bridgehead atoms. The number of nitro benzene ring substituents is 1. The van der Waals surface area contributed by atoms with Crippen molar-refractivity contribution < 1.29 is 28.4 Å². The number of hydrogen-bond donors (Lipinski definition) is 1. The first-order valence-corrected chi connectivity index (χ1v) is 8.95. The number of esters is 1. The Bertz CT molecular complexity index is 1110. The number of nitro groups is 1. The van der Waals surface area contributed by atoms with Gasteiger partial charge in [-0.15, -0.1) is 0 Å². The number of ether oxygens (including phenoxy) is 2. The summed E-state index contributed by atoms with van der Waals surface area (Å²) in [6, 6.07) is 13.5. The van der Waals surface area contributed by atoms with Gasteiger partial charge in [-0.2, -0.15) is 5.10 Å². The fourth-order valence-electron chi connectivity index (χ4n) is 2.53. The summed E-state index contributed by atoms with van der Waals surface area (Å²) in [5.74, 6) is -0.503. The molecule has 0 aliphatic heterocycles. The number of furan rings is 1. The quantitative estimate of drug-likeness (QED) is 0.193. The van der Waals surface area contributed by atoms with Crippen LogP contribution in [0.5, 0.6) is 11.5 Å². The molecule has 3 aromatic rings. The number of carbonyl (C=O) groups excluding carboxylic acids is 2. The number of amides is 1. The summed E-state index contributed by atoms with van der Waals surface area (Å²) in [7, 11) is 1.42. The molecule has 1 N–H and O–H groups in total. The molecule has 0 radical (unpaired) electrons. The SMILES string of the molecule is COc1cc(/C=N\NC(=O)Cc2ccc([N+](=O)[O-])cc2)ccc1OC(=O)c1ccco1. The van der Waals surface area contributed by atoms with Gasteiger partial charge in [0, 0.05) is 12.1 Å². The van der Waals surface area contributed by atoms with Crippen LogP contribution >= 0.6 is 0 Å². The summed E-state index contributed by atoms with van der Waals surface area (Å²) in [4.78, 5) is 34.1. The van der Waals surface area contributed by atoms with E-state index in [1.807, 2.05) is 0 Å². The molecule has 0 saturated heterocycles. The van der Waals surface area contributed by atoms with Gasteiger partial charge in [-0.3, -0.25) is 14.9 Å². The fourth-order valence-corrected chi connectivity index (χ4v) is 2.53. The lowest BCUT2D eigenvalue weighted by atomic mass is 10.1. The molecule has 10 nitrogen and oxygen atoms in total. The Balaban J connectivity index is 1.58. The largest absolute Gasteiger partial charge is 0.493 e. The first kappa shape index (κ1) is 21.2. The molecule has 0 spiro atoms. The molecule has 0 saturated carbocycles. The maximum atomic E-state index is 12.0. The predicted octanol–water partition coefficient (Wildman–Crippen LogP) is 3.11. The second-order valence-corrected chi connectivity index (χ2v) is 6.17.